The van der Waals surface area contributed by atoms with Crippen molar-refractivity contribution in [1.29, 1.82) is 0 Å². The summed E-state index contributed by atoms with van der Waals surface area (Å²) >= 11 is 0. The largest absolute Gasteiger partial charge is 0.394 e. The van der Waals surface area contributed by atoms with E-state index in [9.17, 15) is 4.79 Å². The Balaban J connectivity index is 0.000000261. The highest BCUT2D eigenvalue weighted by Crippen LogP contribution is 2.27. The first-order chi connectivity index (χ1) is 5.74. The number of carbonyl (C=O) groups is 1. The highest BCUT2D eigenvalue weighted by molar-refractivity contribution is 5.66. The summed E-state index contributed by atoms with van der Waals surface area (Å²) < 4.78 is 4.85. The quantitative estimate of drug-likeness (QED) is 0.342. The zero-order chi connectivity index (χ0) is 9.45. The normalized spacial score (nSPS) is 25.2. The molecule has 4 heteroatoms. The van der Waals surface area contributed by atoms with E-state index in [1.807, 2.05) is 0 Å². The maximum absolute atomic E-state index is 10.1. The average Bonchev–Trinajstić information content (AvgIpc) is 2.87. The number of aliphatic hydroxyl groups excluding tert-OH is 2. The van der Waals surface area contributed by atoms with Gasteiger partial charge >= 0.3 is 0 Å². The molecule has 2 N–H and O–H groups in total. The zero-order valence-electron chi connectivity index (χ0n) is 6.90. The minimum atomic E-state index is -0.457. The van der Waals surface area contributed by atoms with Crippen LogP contribution in [0.5, 0.6) is 0 Å². The summed E-state index contributed by atoms with van der Waals surface area (Å²) in [7, 11) is 0. The van der Waals surface area contributed by atoms with Crippen LogP contribution in [-0.2, 0) is 9.53 Å². The summed E-state index contributed by atoms with van der Waals surface area (Å²) in [5.74, 6) is 0. The lowest BCUT2D eigenvalue weighted by molar-refractivity contribution is -0.112. The predicted octanol–water partition coefficient (Wildman–Crippen LogP) is -0.499. The summed E-state index contributed by atoms with van der Waals surface area (Å²) in [5.41, 5.74) is -0.457. The first kappa shape index (κ1) is 11.3. The van der Waals surface area contributed by atoms with Crippen molar-refractivity contribution in [2.75, 3.05) is 19.8 Å². The molecule has 0 aromatic carbocycles. The molecule has 0 bridgehead atoms. The second-order valence-electron chi connectivity index (χ2n) is 2.41. The van der Waals surface area contributed by atoms with Gasteiger partial charge in [0.2, 0.25) is 0 Å². The third-order valence-corrected chi connectivity index (χ3v) is 1.32. The van der Waals surface area contributed by atoms with E-state index in [0.29, 0.717) is 13.0 Å². The number of hydrogen-bond acceptors (Lipinski definition) is 4. The van der Waals surface area contributed by atoms with Gasteiger partial charge in [0, 0.05) is 6.42 Å². The Bertz CT molecular complexity index is 138. The molecular weight excluding hydrogens is 160 g/mol. The van der Waals surface area contributed by atoms with Crippen LogP contribution >= 0.6 is 0 Å². The number of aliphatic hydroxyl groups is 2. The predicted molar refractivity (Wildman–Crippen MR) is 43.7 cm³/mol. The summed E-state index contributed by atoms with van der Waals surface area (Å²) in [6.45, 7) is 3.82. The Morgan fingerprint density at radius 1 is 1.50 bits per heavy atom. The van der Waals surface area contributed by atoms with Gasteiger partial charge in [0.15, 0.2) is 6.29 Å². The van der Waals surface area contributed by atoms with E-state index in [4.69, 9.17) is 14.9 Å². The number of rotatable bonds is 4. The SMILES string of the molecule is C=CCC1(C=O)CO1.OCCO. The number of carbonyl (C=O) groups excluding carboxylic acids is 1. The summed E-state index contributed by atoms with van der Waals surface area (Å²) in [4.78, 5) is 10.1. The summed E-state index contributed by atoms with van der Waals surface area (Å²) in [6, 6.07) is 0. The zero-order valence-corrected chi connectivity index (χ0v) is 6.90. The molecule has 0 saturated carbocycles. The minimum absolute atomic E-state index is 0.125. The van der Waals surface area contributed by atoms with Crippen molar-refractivity contribution in [2.45, 2.75) is 12.0 Å². The van der Waals surface area contributed by atoms with Gasteiger partial charge in [0.05, 0.1) is 19.8 Å². The van der Waals surface area contributed by atoms with Crippen molar-refractivity contribution >= 4 is 6.29 Å². The number of hydrogen-bond donors (Lipinski definition) is 2. The summed E-state index contributed by atoms with van der Waals surface area (Å²) in [5, 5.41) is 15.2. The molecule has 1 fully saturated rings. The van der Waals surface area contributed by atoms with Crippen LogP contribution < -0.4 is 0 Å². The third-order valence-electron chi connectivity index (χ3n) is 1.32. The van der Waals surface area contributed by atoms with Crippen molar-refractivity contribution in [3.8, 4) is 0 Å². The van der Waals surface area contributed by atoms with Gasteiger partial charge in [-0.15, -0.1) is 6.58 Å². The smallest absolute Gasteiger partial charge is 0.154 e. The van der Waals surface area contributed by atoms with Crippen LogP contribution in [0.1, 0.15) is 6.42 Å². The van der Waals surface area contributed by atoms with E-state index in [1.54, 1.807) is 6.08 Å². The van der Waals surface area contributed by atoms with Crippen molar-refractivity contribution < 1.29 is 19.7 Å². The van der Waals surface area contributed by atoms with Crippen LogP contribution in [0.4, 0.5) is 0 Å². The van der Waals surface area contributed by atoms with E-state index in [-0.39, 0.29) is 13.2 Å². The standard InChI is InChI=1S/C6H8O2.C2H6O2/c1-2-3-6(4-7)5-8-6;3-1-2-4/h2,4H,1,3,5H2;3-4H,1-2H2. The molecule has 1 unspecified atom stereocenters. The fraction of sp³-hybridized carbons (Fsp3) is 0.625. The number of epoxide rings is 1. The second kappa shape index (κ2) is 5.88. The van der Waals surface area contributed by atoms with Crippen molar-refractivity contribution in [2.24, 2.45) is 0 Å². The molecule has 4 nitrogen and oxygen atoms in total. The molecule has 0 aromatic rings. The minimum Gasteiger partial charge on any atom is -0.394 e. The topological polar surface area (TPSA) is 70.1 Å². The highest BCUT2D eigenvalue weighted by Gasteiger charge is 2.43. The molecule has 1 atom stereocenters. The van der Waals surface area contributed by atoms with Gasteiger partial charge in [0.25, 0.3) is 0 Å². The average molecular weight is 174 g/mol. The van der Waals surface area contributed by atoms with Crippen molar-refractivity contribution in [3.63, 3.8) is 0 Å². The molecule has 1 rings (SSSR count). The Labute approximate surface area is 71.5 Å². The molecule has 1 aliphatic heterocycles. The lowest BCUT2D eigenvalue weighted by Crippen LogP contribution is -2.09. The van der Waals surface area contributed by atoms with Gasteiger partial charge in [-0.1, -0.05) is 6.08 Å². The van der Waals surface area contributed by atoms with Crippen LogP contribution in [0.2, 0.25) is 0 Å². The number of ether oxygens (including phenoxy) is 1. The fourth-order valence-electron chi connectivity index (χ4n) is 0.571. The van der Waals surface area contributed by atoms with Gasteiger partial charge in [-0.2, -0.15) is 0 Å². The molecule has 1 heterocycles. The Hall–Kier alpha value is -0.710. The van der Waals surface area contributed by atoms with Gasteiger partial charge in [-0.3, -0.25) is 0 Å². The Kier molecular flexibility index (Phi) is 5.53. The molecule has 0 radical (unpaired) electrons. The van der Waals surface area contributed by atoms with Crippen molar-refractivity contribution in [3.05, 3.63) is 12.7 Å². The molecule has 1 saturated heterocycles. The van der Waals surface area contributed by atoms with Crippen LogP contribution in [0, 0.1) is 0 Å². The lowest BCUT2D eigenvalue weighted by Gasteiger charge is -1.92. The van der Waals surface area contributed by atoms with Crippen LogP contribution in [0.15, 0.2) is 12.7 Å². The molecular formula is C8H14O4. The number of aldehydes is 1. The van der Waals surface area contributed by atoms with E-state index < -0.39 is 5.60 Å². The van der Waals surface area contributed by atoms with Gasteiger partial charge in [-0.05, 0) is 0 Å². The summed E-state index contributed by atoms with van der Waals surface area (Å²) in [6.07, 6.45) is 3.19. The highest BCUT2D eigenvalue weighted by atomic mass is 16.6. The van der Waals surface area contributed by atoms with E-state index in [1.165, 1.54) is 0 Å². The lowest BCUT2D eigenvalue weighted by atomic mass is 10.1. The molecule has 0 aromatic heterocycles. The van der Waals surface area contributed by atoms with Crippen LogP contribution in [0.25, 0.3) is 0 Å². The molecule has 0 spiro atoms. The molecule has 0 aliphatic carbocycles. The van der Waals surface area contributed by atoms with Gasteiger partial charge < -0.3 is 19.7 Å². The maximum atomic E-state index is 10.1. The van der Waals surface area contributed by atoms with Crippen molar-refractivity contribution in [1.82, 2.24) is 0 Å². The molecule has 1 aliphatic rings. The maximum Gasteiger partial charge on any atom is 0.154 e. The van der Waals surface area contributed by atoms with E-state index in [2.05, 4.69) is 6.58 Å². The molecule has 70 valence electrons. The van der Waals surface area contributed by atoms with E-state index in [0.717, 1.165) is 6.29 Å². The fourth-order valence-corrected chi connectivity index (χ4v) is 0.571. The monoisotopic (exact) mass is 174 g/mol. The third kappa shape index (κ3) is 4.23. The first-order valence-corrected chi connectivity index (χ1v) is 3.67. The second-order valence-corrected chi connectivity index (χ2v) is 2.41. The van der Waals surface area contributed by atoms with Gasteiger partial charge in [-0.25, -0.2) is 0 Å². The van der Waals surface area contributed by atoms with E-state index >= 15 is 0 Å². The Morgan fingerprint density at radius 2 is 2.00 bits per heavy atom. The van der Waals surface area contributed by atoms with Crippen LogP contribution in [-0.4, -0.2) is 41.9 Å². The first-order valence-electron chi connectivity index (χ1n) is 3.67. The van der Waals surface area contributed by atoms with Gasteiger partial charge in [0.1, 0.15) is 5.60 Å². The van der Waals surface area contributed by atoms with Crippen LogP contribution in [0.3, 0.4) is 0 Å². The molecule has 12 heavy (non-hydrogen) atoms. The molecule has 0 amide bonds. The Morgan fingerprint density at radius 3 is 2.08 bits per heavy atom.